The van der Waals surface area contributed by atoms with E-state index in [0.29, 0.717) is 0 Å². The van der Waals surface area contributed by atoms with Gasteiger partial charge in [-0.25, -0.2) is 13.2 Å². The number of amides is 1. The largest absolute Gasteiger partial charge is 0.477 e. The molecule has 1 heterocycles. The predicted molar refractivity (Wildman–Crippen MR) is 72.2 cm³/mol. The third kappa shape index (κ3) is 3.35. The number of sulfonamides is 1. The van der Waals surface area contributed by atoms with Gasteiger partial charge in [0.25, 0.3) is 0 Å². The van der Waals surface area contributed by atoms with Crippen LogP contribution in [0.1, 0.15) is 29.4 Å². The van der Waals surface area contributed by atoms with Gasteiger partial charge in [-0.3, -0.25) is 4.79 Å². The SMILES string of the molecule is CC(NS(=O)(=O)c1ccsc1C(=O)O)C(=O)NC1CC1. The first-order valence-electron chi connectivity index (χ1n) is 5.95. The van der Waals surface area contributed by atoms with Crippen LogP contribution in [0.3, 0.4) is 0 Å². The molecule has 1 aliphatic carbocycles. The summed E-state index contributed by atoms with van der Waals surface area (Å²) < 4.78 is 26.4. The number of nitrogens with one attached hydrogen (secondary N) is 2. The fourth-order valence-electron chi connectivity index (χ4n) is 1.57. The summed E-state index contributed by atoms with van der Waals surface area (Å²) in [5.41, 5.74) is 0. The molecule has 0 aromatic carbocycles. The molecule has 1 aliphatic rings. The van der Waals surface area contributed by atoms with Gasteiger partial charge >= 0.3 is 5.97 Å². The molecule has 1 saturated carbocycles. The van der Waals surface area contributed by atoms with Crippen LogP contribution in [0.25, 0.3) is 0 Å². The molecule has 0 radical (unpaired) electrons. The highest BCUT2D eigenvalue weighted by Crippen LogP contribution is 2.22. The van der Waals surface area contributed by atoms with Crippen molar-refractivity contribution in [2.24, 2.45) is 0 Å². The van der Waals surface area contributed by atoms with Crippen molar-refractivity contribution >= 4 is 33.2 Å². The molecule has 1 amide bonds. The zero-order valence-corrected chi connectivity index (χ0v) is 12.3. The molecule has 2 rings (SSSR count). The van der Waals surface area contributed by atoms with Crippen LogP contribution in [0.15, 0.2) is 16.3 Å². The first-order valence-corrected chi connectivity index (χ1v) is 8.31. The minimum Gasteiger partial charge on any atom is -0.477 e. The highest BCUT2D eigenvalue weighted by molar-refractivity contribution is 7.89. The van der Waals surface area contributed by atoms with Crippen LogP contribution in [0.5, 0.6) is 0 Å². The van der Waals surface area contributed by atoms with Crippen LogP contribution in [-0.4, -0.2) is 37.5 Å². The maximum Gasteiger partial charge on any atom is 0.347 e. The summed E-state index contributed by atoms with van der Waals surface area (Å²) >= 11 is 0.821. The third-order valence-corrected chi connectivity index (χ3v) is 5.38. The first kappa shape index (κ1) is 14.9. The van der Waals surface area contributed by atoms with E-state index in [2.05, 4.69) is 10.0 Å². The fourth-order valence-corrected chi connectivity index (χ4v) is 4.03. The number of thiophene rings is 1. The van der Waals surface area contributed by atoms with Crippen LogP contribution in [-0.2, 0) is 14.8 Å². The van der Waals surface area contributed by atoms with E-state index in [-0.39, 0.29) is 15.8 Å². The molecule has 0 aliphatic heterocycles. The second-order valence-electron chi connectivity index (χ2n) is 4.54. The van der Waals surface area contributed by atoms with Crippen LogP contribution in [0.4, 0.5) is 0 Å². The molecule has 0 spiro atoms. The Hall–Kier alpha value is -1.45. The van der Waals surface area contributed by atoms with Gasteiger partial charge < -0.3 is 10.4 Å². The number of hydrogen-bond donors (Lipinski definition) is 3. The summed E-state index contributed by atoms with van der Waals surface area (Å²) in [6.45, 7) is 1.42. The van der Waals surface area contributed by atoms with Gasteiger partial charge in [0.05, 0.1) is 6.04 Å². The van der Waals surface area contributed by atoms with Crippen LogP contribution >= 0.6 is 11.3 Å². The quantitative estimate of drug-likeness (QED) is 0.702. The standard InChI is InChI=1S/C11H14N2O5S2/c1-6(10(14)12-7-2-3-7)13-20(17,18)8-4-5-19-9(8)11(15)16/h4-7,13H,2-3H2,1H3,(H,12,14)(H,15,16). The molecule has 1 unspecified atom stereocenters. The molecule has 20 heavy (non-hydrogen) atoms. The van der Waals surface area contributed by atoms with Crippen molar-refractivity contribution in [3.8, 4) is 0 Å². The van der Waals surface area contributed by atoms with Gasteiger partial charge in [0, 0.05) is 6.04 Å². The number of carboxylic acids is 1. The Balaban J connectivity index is 2.11. The van der Waals surface area contributed by atoms with E-state index in [1.165, 1.54) is 18.4 Å². The number of aromatic carboxylic acids is 1. The van der Waals surface area contributed by atoms with E-state index < -0.39 is 27.9 Å². The lowest BCUT2D eigenvalue weighted by atomic mass is 10.3. The molecule has 1 aromatic heterocycles. The molecule has 110 valence electrons. The summed E-state index contributed by atoms with van der Waals surface area (Å²) in [7, 11) is -4.03. The van der Waals surface area contributed by atoms with E-state index in [4.69, 9.17) is 5.11 Å². The highest BCUT2D eigenvalue weighted by atomic mass is 32.2. The monoisotopic (exact) mass is 318 g/mol. The third-order valence-electron chi connectivity index (χ3n) is 2.76. The lowest BCUT2D eigenvalue weighted by Crippen LogP contribution is -2.45. The number of carbonyl (C=O) groups is 2. The van der Waals surface area contributed by atoms with Gasteiger partial charge in [0.2, 0.25) is 15.9 Å². The average Bonchev–Trinajstić information content (AvgIpc) is 3.00. The summed E-state index contributed by atoms with van der Waals surface area (Å²) in [6.07, 6.45) is 1.80. The summed E-state index contributed by atoms with van der Waals surface area (Å²) in [4.78, 5) is 22.1. The predicted octanol–water partition coefficient (Wildman–Crippen LogP) is 0.392. The minimum absolute atomic E-state index is 0.130. The number of hydrogen-bond acceptors (Lipinski definition) is 5. The average molecular weight is 318 g/mol. The maximum atomic E-state index is 12.1. The normalized spacial score (nSPS) is 16.6. The van der Waals surface area contributed by atoms with Gasteiger partial charge in [-0.15, -0.1) is 11.3 Å². The van der Waals surface area contributed by atoms with E-state index in [9.17, 15) is 18.0 Å². The Bertz CT molecular complexity index is 633. The van der Waals surface area contributed by atoms with E-state index >= 15 is 0 Å². The smallest absolute Gasteiger partial charge is 0.347 e. The minimum atomic E-state index is -4.03. The van der Waals surface area contributed by atoms with Crippen molar-refractivity contribution in [1.29, 1.82) is 0 Å². The maximum absolute atomic E-state index is 12.1. The molecule has 1 atom stereocenters. The Morgan fingerprint density at radius 3 is 2.65 bits per heavy atom. The number of rotatable bonds is 6. The van der Waals surface area contributed by atoms with Crippen LogP contribution in [0.2, 0.25) is 0 Å². The van der Waals surface area contributed by atoms with E-state index in [0.717, 1.165) is 24.2 Å². The molecular weight excluding hydrogens is 304 g/mol. The second kappa shape index (κ2) is 5.51. The van der Waals surface area contributed by atoms with Gasteiger partial charge in [0.1, 0.15) is 9.77 Å². The van der Waals surface area contributed by atoms with Gasteiger partial charge in [-0.2, -0.15) is 4.72 Å². The van der Waals surface area contributed by atoms with Crippen molar-refractivity contribution in [3.05, 3.63) is 16.3 Å². The van der Waals surface area contributed by atoms with Gasteiger partial charge in [0.15, 0.2) is 0 Å². The van der Waals surface area contributed by atoms with Crippen molar-refractivity contribution in [1.82, 2.24) is 10.0 Å². The topological polar surface area (TPSA) is 113 Å². The van der Waals surface area contributed by atoms with Gasteiger partial charge in [-0.1, -0.05) is 0 Å². The summed E-state index contributed by atoms with van der Waals surface area (Å²) in [5, 5.41) is 13.0. The zero-order valence-electron chi connectivity index (χ0n) is 10.6. The van der Waals surface area contributed by atoms with Crippen LogP contribution in [0, 0.1) is 0 Å². The Morgan fingerprint density at radius 2 is 2.10 bits per heavy atom. The van der Waals surface area contributed by atoms with Crippen molar-refractivity contribution in [2.75, 3.05) is 0 Å². The van der Waals surface area contributed by atoms with Crippen molar-refractivity contribution in [3.63, 3.8) is 0 Å². The second-order valence-corrected chi connectivity index (χ2v) is 7.14. The number of carbonyl (C=O) groups excluding carboxylic acids is 1. The van der Waals surface area contributed by atoms with E-state index in [1.54, 1.807) is 0 Å². The fraction of sp³-hybridized carbons (Fsp3) is 0.455. The molecule has 7 nitrogen and oxygen atoms in total. The molecule has 3 N–H and O–H groups in total. The van der Waals surface area contributed by atoms with E-state index in [1.807, 2.05) is 0 Å². The first-order chi connectivity index (χ1) is 9.31. The summed E-state index contributed by atoms with van der Waals surface area (Å²) in [6, 6.07) is 0.384. The van der Waals surface area contributed by atoms with Crippen LogP contribution < -0.4 is 10.0 Å². The summed E-state index contributed by atoms with van der Waals surface area (Å²) in [5.74, 6) is -1.72. The molecule has 1 fully saturated rings. The number of carboxylic acid groups (broad SMARTS) is 1. The Kier molecular flexibility index (Phi) is 4.11. The molecule has 0 bridgehead atoms. The molecule has 1 aromatic rings. The highest BCUT2D eigenvalue weighted by Gasteiger charge is 2.30. The van der Waals surface area contributed by atoms with Gasteiger partial charge in [-0.05, 0) is 31.2 Å². The Morgan fingerprint density at radius 1 is 1.45 bits per heavy atom. The molecular formula is C11H14N2O5S2. The van der Waals surface area contributed by atoms with Crippen molar-refractivity contribution in [2.45, 2.75) is 36.7 Å². The molecule has 9 heteroatoms. The Labute approximate surface area is 120 Å². The lowest BCUT2D eigenvalue weighted by Gasteiger charge is -2.13. The zero-order chi connectivity index (χ0) is 14.9. The van der Waals surface area contributed by atoms with Crippen molar-refractivity contribution < 1.29 is 23.1 Å². The molecule has 0 saturated heterocycles. The lowest BCUT2D eigenvalue weighted by molar-refractivity contribution is -0.122.